The molecule has 0 amide bonds. The van der Waals surface area contributed by atoms with E-state index in [1.54, 1.807) is 0 Å². The van der Waals surface area contributed by atoms with Crippen molar-refractivity contribution >= 4 is 51.2 Å². The lowest BCUT2D eigenvalue weighted by Gasteiger charge is -2.37. The fourth-order valence-corrected chi connectivity index (χ4v) is 3.72. The summed E-state index contributed by atoms with van der Waals surface area (Å²) >= 11 is 11.7. The maximum Gasteiger partial charge on any atom is 0.173 e. The molecule has 0 aliphatic carbocycles. The molecule has 1 N–H and O–H groups in total. The summed E-state index contributed by atoms with van der Waals surface area (Å²) in [6.07, 6.45) is 1.85. The van der Waals surface area contributed by atoms with Gasteiger partial charge in [-0.15, -0.1) is 0 Å². The molecule has 1 saturated heterocycles. The predicted octanol–water partition coefficient (Wildman–Crippen LogP) is 4.41. The number of rotatable bonds is 2. The van der Waals surface area contributed by atoms with Crippen LogP contribution in [0.25, 0.3) is 10.9 Å². The average molecular weight is 383 g/mol. The number of aromatic nitrogens is 1. The second-order valence-corrected chi connectivity index (χ2v) is 7.08. The van der Waals surface area contributed by atoms with Crippen molar-refractivity contribution < 1.29 is 0 Å². The van der Waals surface area contributed by atoms with Crippen molar-refractivity contribution in [2.75, 3.05) is 36.4 Å². The normalized spacial score (nSPS) is 14.5. The summed E-state index contributed by atoms with van der Waals surface area (Å²) in [4.78, 5) is 9.05. The van der Waals surface area contributed by atoms with E-state index in [-0.39, 0.29) is 0 Å². The summed E-state index contributed by atoms with van der Waals surface area (Å²) in [6, 6.07) is 18.0. The molecule has 1 aromatic heterocycles. The number of fused-ring (bicyclic) bond motifs is 1. The maximum absolute atomic E-state index is 6.10. The van der Waals surface area contributed by atoms with Gasteiger partial charge in [-0.05, 0) is 48.6 Å². The largest absolute Gasteiger partial charge is 0.367 e. The summed E-state index contributed by atoms with van der Waals surface area (Å²) in [7, 11) is 0. The van der Waals surface area contributed by atoms with Crippen LogP contribution in [0.4, 0.5) is 11.4 Å². The van der Waals surface area contributed by atoms with Crippen LogP contribution in [0.2, 0.25) is 5.02 Å². The standard InChI is InChI=1S/C20H19ClN4S/c21-15-6-7-17-18(14-15)22-9-8-19(17)24-10-12-25(13-11-24)20(26)23-16-4-2-1-3-5-16/h1-9,14H,10-13H2,(H,23,26). The van der Waals surface area contributed by atoms with Crippen molar-refractivity contribution in [3.63, 3.8) is 0 Å². The number of benzene rings is 2. The third-order valence-electron chi connectivity index (χ3n) is 4.61. The average Bonchev–Trinajstić information content (AvgIpc) is 2.68. The van der Waals surface area contributed by atoms with Crippen molar-refractivity contribution in [2.45, 2.75) is 0 Å². The molecule has 4 nitrogen and oxygen atoms in total. The molecule has 26 heavy (non-hydrogen) atoms. The van der Waals surface area contributed by atoms with Crippen LogP contribution in [-0.2, 0) is 0 Å². The quantitative estimate of drug-likeness (QED) is 0.663. The Morgan fingerprint density at radius 2 is 1.77 bits per heavy atom. The fourth-order valence-electron chi connectivity index (χ4n) is 3.26. The number of nitrogens with zero attached hydrogens (tertiary/aromatic N) is 3. The molecule has 0 unspecified atom stereocenters. The molecular weight excluding hydrogens is 364 g/mol. The van der Waals surface area contributed by atoms with E-state index in [4.69, 9.17) is 23.8 Å². The Bertz CT molecular complexity index is 924. The Morgan fingerprint density at radius 3 is 2.54 bits per heavy atom. The monoisotopic (exact) mass is 382 g/mol. The van der Waals surface area contributed by atoms with Crippen molar-refractivity contribution in [1.82, 2.24) is 9.88 Å². The molecule has 0 atom stereocenters. The minimum absolute atomic E-state index is 0.712. The minimum atomic E-state index is 0.712. The van der Waals surface area contributed by atoms with Gasteiger partial charge in [0, 0.05) is 54.2 Å². The van der Waals surface area contributed by atoms with E-state index in [0.29, 0.717) is 5.02 Å². The van der Waals surface area contributed by atoms with Crippen LogP contribution in [0.3, 0.4) is 0 Å². The zero-order valence-corrected chi connectivity index (χ0v) is 15.8. The van der Waals surface area contributed by atoms with Gasteiger partial charge in [-0.3, -0.25) is 4.98 Å². The highest BCUT2D eigenvalue weighted by Crippen LogP contribution is 2.28. The van der Waals surface area contributed by atoms with Crippen LogP contribution in [-0.4, -0.2) is 41.2 Å². The van der Waals surface area contributed by atoms with E-state index in [2.05, 4.69) is 26.2 Å². The van der Waals surface area contributed by atoms with Gasteiger partial charge in [0.05, 0.1) is 5.52 Å². The maximum atomic E-state index is 6.10. The van der Waals surface area contributed by atoms with Gasteiger partial charge in [0.15, 0.2) is 5.11 Å². The molecule has 132 valence electrons. The number of para-hydroxylation sites is 1. The van der Waals surface area contributed by atoms with Crippen LogP contribution in [0.15, 0.2) is 60.8 Å². The highest BCUT2D eigenvalue weighted by atomic mass is 35.5. The molecule has 6 heteroatoms. The topological polar surface area (TPSA) is 31.4 Å². The SMILES string of the molecule is S=C(Nc1ccccc1)N1CCN(c2ccnc3cc(Cl)ccc23)CC1. The molecule has 3 aromatic rings. The van der Waals surface area contributed by atoms with E-state index in [9.17, 15) is 0 Å². The summed E-state index contributed by atoms with van der Waals surface area (Å²) in [5, 5.41) is 5.94. The Hall–Kier alpha value is -2.37. The zero-order valence-electron chi connectivity index (χ0n) is 14.2. The number of nitrogens with one attached hydrogen (secondary N) is 1. The molecular formula is C20H19ClN4S. The Labute approximate surface area is 163 Å². The second kappa shape index (κ2) is 7.48. The zero-order chi connectivity index (χ0) is 17.9. The van der Waals surface area contributed by atoms with E-state index < -0.39 is 0 Å². The molecule has 0 spiro atoms. The van der Waals surface area contributed by atoms with E-state index in [1.807, 2.05) is 54.7 Å². The molecule has 2 aromatic carbocycles. The van der Waals surface area contributed by atoms with Crippen LogP contribution in [0.5, 0.6) is 0 Å². The van der Waals surface area contributed by atoms with Gasteiger partial charge in [-0.2, -0.15) is 0 Å². The molecule has 1 aliphatic heterocycles. The summed E-state index contributed by atoms with van der Waals surface area (Å²) in [5.41, 5.74) is 3.16. The van der Waals surface area contributed by atoms with Crippen LogP contribution in [0, 0.1) is 0 Å². The first kappa shape index (κ1) is 17.1. The van der Waals surface area contributed by atoms with Gasteiger partial charge < -0.3 is 15.1 Å². The summed E-state index contributed by atoms with van der Waals surface area (Å²) in [5.74, 6) is 0. The molecule has 0 radical (unpaired) electrons. The van der Waals surface area contributed by atoms with Gasteiger partial charge in [0.2, 0.25) is 0 Å². The van der Waals surface area contributed by atoms with Gasteiger partial charge in [0.25, 0.3) is 0 Å². The molecule has 4 rings (SSSR count). The van der Waals surface area contributed by atoms with Gasteiger partial charge >= 0.3 is 0 Å². The van der Waals surface area contributed by atoms with Crippen LogP contribution >= 0.6 is 23.8 Å². The first-order valence-electron chi connectivity index (χ1n) is 8.61. The lowest BCUT2D eigenvalue weighted by molar-refractivity contribution is 0.391. The molecule has 1 fully saturated rings. The highest BCUT2D eigenvalue weighted by molar-refractivity contribution is 7.80. The number of piperazine rings is 1. The van der Waals surface area contributed by atoms with Gasteiger partial charge in [-0.1, -0.05) is 29.8 Å². The van der Waals surface area contributed by atoms with Gasteiger partial charge in [0.1, 0.15) is 0 Å². The third kappa shape index (κ3) is 3.59. The van der Waals surface area contributed by atoms with Crippen LogP contribution in [0.1, 0.15) is 0 Å². The second-order valence-electron chi connectivity index (χ2n) is 6.26. The van der Waals surface area contributed by atoms with Crippen molar-refractivity contribution in [2.24, 2.45) is 0 Å². The first-order valence-corrected chi connectivity index (χ1v) is 9.39. The number of pyridine rings is 1. The third-order valence-corrected chi connectivity index (χ3v) is 5.21. The van der Waals surface area contributed by atoms with Crippen molar-refractivity contribution in [3.8, 4) is 0 Å². The van der Waals surface area contributed by atoms with Crippen LogP contribution < -0.4 is 10.2 Å². The lowest BCUT2D eigenvalue weighted by Crippen LogP contribution is -2.50. The van der Waals surface area contributed by atoms with Gasteiger partial charge in [-0.25, -0.2) is 0 Å². The van der Waals surface area contributed by atoms with Crippen molar-refractivity contribution in [1.29, 1.82) is 0 Å². The van der Waals surface area contributed by atoms with E-state index in [1.165, 1.54) is 5.69 Å². The lowest BCUT2D eigenvalue weighted by atomic mass is 10.1. The number of halogens is 1. The van der Waals surface area contributed by atoms with E-state index in [0.717, 1.165) is 47.9 Å². The smallest absolute Gasteiger partial charge is 0.173 e. The fraction of sp³-hybridized carbons (Fsp3) is 0.200. The predicted molar refractivity (Wildman–Crippen MR) is 113 cm³/mol. The molecule has 2 heterocycles. The van der Waals surface area contributed by atoms with Crippen molar-refractivity contribution in [3.05, 3.63) is 65.8 Å². The minimum Gasteiger partial charge on any atom is -0.367 e. The number of thiocarbonyl (C=S) groups is 1. The Balaban J connectivity index is 1.45. The number of hydrogen-bond acceptors (Lipinski definition) is 3. The molecule has 0 saturated carbocycles. The Morgan fingerprint density at radius 1 is 1.00 bits per heavy atom. The highest BCUT2D eigenvalue weighted by Gasteiger charge is 2.20. The Kier molecular flexibility index (Phi) is 4.91. The molecule has 1 aliphatic rings. The number of hydrogen-bond donors (Lipinski definition) is 1. The number of anilines is 2. The first-order chi connectivity index (χ1) is 12.7. The van der Waals surface area contributed by atoms with E-state index >= 15 is 0 Å². The summed E-state index contributed by atoms with van der Waals surface area (Å²) in [6.45, 7) is 3.60. The molecule has 0 bridgehead atoms. The summed E-state index contributed by atoms with van der Waals surface area (Å²) < 4.78 is 0.